The van der Waals surface area contributed by atoms with Crippen LogP contribution < -0.4 is 5.32 Å². The van der Waals surface area contributed by atoms with Crippen molar-refractivity contribution in [2.75, 3.05) is 19.6 Å². The molecule has 0 aromatic rings. The molecule has 1 saturated heterocycles. The van der Waals surface area contributed by atoms with Gasteiger partial charge in [0.05, 0.1) is 6.04 Å². The lowest BCUT2D eigenvalue weighted by Gasteiger charge is -2.25. The standard InChI is InChI=1S/C9H15F3N2O/c1-2-14(6-9(10,11)12)8(15)7-4-3-5-13-7/h7,13H,2-6H2,1H3. The van der Waals surface area contributed by atoms with Crippen LogP contribution in [0.25, 0.3) is 0 Å². The number of carbonyl (C=O) groups is 1. The van der Waals surface area contributed by atoms with Crippen molar-refractivity contribution >= 4 is 5.91 Å². The smallest absolute Gasteiger partial charge is 0.333 e. The number of nitrogens with zero attached hydrogens (tertiary/aromatic N) is 1. The van der Waals surface area contributed by atoms with Crippen molar-refractivity contribution in [1.82, 2.24) is 10.2 Å². The van der Waals surface area contributed by atoms with Crippen molar-refractivity contribution in [2.45, 2.75) is 32.0 Å². The number of halogens is 3. The lowest BCUT2D eigenvalue weighted by Crippen LogP contribution is -2.47. The van der Waals surface area contributed by atoms with E-state index in [9.17, 15) is 18.0 Å². The van der Waals surface area contributed by atoms with Gasteiger partial charge in [0, 0.05) is 6.54 Å². The van der Waals surface area contributed by atoms with Crippen LogP contribution in [0, 0.1) is 0 Å². The SMILES string of the molecule is CCN(CC(F)(F)F)C(=O)C1CCCN1. The number of alkyl halides is 3. The van der Waals surface area contributed by atoms with E-state index >= 15 is 0 Å². The average Bonchev–Trinajstić information content (AvgIpc) is 2.64. The summed E-state index contributed by atoms with van der Waals surface area (Å²) in [6.07, 6.45) is -2.84. The second kappa shape index (κ2) is 4.83. The van der Waals surface area contributed by atoms with Gasteiger partial charge in [-0.05, 0) is 26.3 Å². The normalized spacial score (nSPS) is 21.7. The Kier molecular flexibility index (Phi) is 3.96. The number of rotatable bonds is 3. The second-order valence-electron chi connectivity index (χ2n) is 3.62. The zero-order chi connectivity index (χ0) is 11.5. The molecule has 3 nitrogen and oxygen atoms in total. The third-order valence-electron chi connectivity index (χ3n) is 2.42. The molecule has 0 radical (unpaired) electrons. The van der Waals surface area contributed by atoms with E-state index in [2.05, 4.69) is 5.32 Å². The Morgan fingerprint density at radius 3 is 2.60 bits per heavy atom. The molecular weight excluding hydrogens is 209 g/mol. The van der Waals surface area contributed by atoms with Crippen LogP contribution in [-0.2, 0) is 4.79 Å². The summed E-state index contributed by atoms with van der Waals surface area (Å²) in [7, 11) is 0. The molecule has 1 atom stereocenters. The fourth-order valence-corrected chi connectivity index (χ4v) is 1.68. The van der Waals surface area contributed by atoms with Crippen LogP contribution in [0.15, 0.2) is 0 Å². The summed E-state index contributed by atoms with van der Waals surface area (Å²) < 4.78 is 36.4. The fourth-order valence-electron chi connectivity index (χ4n) is 1.68. The van der Waals surface area contributed by atoms with Crippen molar-refractivity contribution in [3.8, 4) is 0 Å². The van der Waals surface area contributed by atoms with Gasteiger partial charge < -0.3 is 10.2 Å². The van der Waals surface area contributed by atoms with Gasteiger partial charge in [-0.15, -0.1) is 0 Å². The van der Waals surface area contributed by atoms with Crippen molar-refractivity contribution in [3.05, 3.63) is 0 Å². The maximum Gasteiger partial charge on any atom is 0.406 e. The molecule has 1 N–H and O–H groups in total. The zero-order valence-corrected chi connectivity index (χ0v) is 8.60. The van der Waals surface area contributed by atoms with Crippen molar-refractivity contribution in [2.24, 2.45) is 0 Å². The number of nitrogens with one attached hydrogen (secondary N) is 1. The Hall–Kier alpha value is -0.780. The number of hydrogen-bond donors (Lipinski definition) is 1. The van der Waals surface area contributed by atoms with Crippen molar-refractivity contribution in [1.29, 1.82) is 0 Å². The third kappa shape index (κ3) is 3.70. The minimum Gasteiger partial charge on any atom is -0.333 e. The van der Waals surface area contributed by atoms with E-state index in [1.807, 2.05) is 0 Å². The summed E-state index contributed by atoms with van der Waals surface area (Å²) >= 11 is 0. The Morgan fingerprint density at radius 1 is 1.53 bits per heavy atom. The highest BCUT2D eigenvalue weighted by Crippen LogP contribution is 2.18. The molecule has 88 valence electrons. The van der Waals surface area contributed by atoms with Gasteiger partial charge in [0.1, 0.15) is 6.54 Å². The van der Waals surface area contributed by atoms with Gasteiger partial charge in [0.25, 0.3) is 0 Å². The third-order valence-corrected chi connectivity index (χ3v) is 2.42. The Labute approximate surface area is 86.6 Å². The molecule has 0 aromatic carbocycles. The predicted octanol–water partition coefficient (Wildman–Crippen LogP) is 1.15. The molecule has 1 heterocycles. The maximum atomic E-state index is 12.1. The van der Waals surface area contributed by atoms with Crippen molar-refractivity contribution < 1.29 is 18.0 Å². The number of amides is 1. The van der Waals surface area contributed by atoms with Gasteiger partial charge in [-0.2, -0.15) is 13.2 Å². The minimum atomic E-state index is -4.32. The lowest BCUT2D eigenvalue weighted by atomic mass is 10.2. The average molecular weight is 224 g/mol. The zero-order valence-electron chi connectivity index (χ0n) is 8.60. The van der Waals surface area contributed by atoms with Crippen LogP contribution in [0.4, 0.5) is 13.2 Å². The Balaban J connectivity index is 2.53. The molecule has 1 aliphatic rings. The van der Waals surface area contributed by atoms with E-state index in [-0.39, 0.29) is 6.54 Å². The maximum absolute atomic E-state index is 12.1. The molecule has 0 bridgehead atoms. The van der Waals surface area contributed by atoms with E-state index in [0.29, 0.717) is 13.0 Å². The lowest BCUT2D eigenvalue weighted by molar-refractivity contribution is -0.161. The predicted molar refractivity (Wildman–Crippen MR) is 49.3 cm³/mol. The van der Waals surface area contributed by atoms with E-state index < -0.39 is 24.7 Å². The molecule has 1 fully saturated rings. The number of hydrogen-bond acceptors (Lipinski definition) is 2. The quantitative estimate of drug-likeness (QED) is 0.780. The Morgan fingerprint density at radius 2 is 2.20 bits per heavy atom. The first-order valence-electron chi connectivity index (χ1n) is 5.03. The molecule has 15 heavy (non-hydrogen) atoms. The van der Waals surface area contributed by atoms with Crippen LogP contribution in [-0.4, -0.2) is 42.7 Å². The first-order chi connectivity index (χ1) is 6.94. The van der Waals surface area contributed by atoms with Crippen molar-refractivity contribution in [3.63, 3.8) is 0 Å². The first-order valence-corrected chi connectivity index (χ1v) is 5.03. The van der Waals surface area contributed by atoms with E-state index in [1.165, 1.54) is 0 Å². The molecule has 1 unspecified atom stereocenters. The fraction of sp³-hybridized carbons (Fsp3) is 0.889. The highest BCUT2D eigenvalue weighted by atomic mass is 19.4. The Bertz CT molecular complexity index is 224. The van der Waals surface area contributed by atoms with Gasteiger partial charge in [0.2, 0.25) is 5.91 Å². The van der Waals surface area contributed by atoms with Crippen LogP contribution in [0.2, 0.25) is 0 Å². The molecule has 0 saturated carbocycles. The second-order valence-corrected chi connectivity index (χ2v) is 3.62. The molecule has 1 rings (SSSR count). The molecule has 6 heteroatoms. The summed E-state index contributed by atoms with van der Waals surface area (Å²) in [5, 5.41) is 2.90. The highest BCUT2D eigenvalue weighted by molar-refractivity contribution is 5.82. The van der Waals surface area contributed by atoms with Crippen LogP contribution >= 0.6 is 0 Å². The van der Waals surface area contributed by atoms with Gasteiger partial charge in [-0.25, -0.2) is 0 Å². The molecule has 0 aliphatic carbocycles. The van der Waals surface area contributed by atoms with Gasteiger partial charge in [-0.3, -0.25) is 4.79 Å². The topological polar surface area (TPSA) is 32.3 Å². The van der Waals surface area contributed by atoms with Crippen LogP contribution in [0.1, 0.15) is 19.8 Å². The van der Waals surface area contributed by atoms with Gasteiger partial charge >= 0.3 is 6.18 Å². The van der Waals surface area contributed by atoms with Gasteiger partial charge in [-0.1, -0.05) is 0 Å². The molecule has 1 aliphatic heterocycles. The van der Waals surface area contributed by atoms with Crippen LogP contribution in [0.5, 0.6) is 0 Å². The summed E-state index contributed by atoms with van der Waals surface area (Å²) in [5.74, 6) is -0.438. The highest BCUT2D eigenvalue weighted by Gasteiger charge is 2.35. The monoisotopic (exact) mass is 224 g/mol. The van der Waals surface area contributed by atoms with E-state index in [4.69, 9.17) is 0 Å². The molecular formula is C9H15F3N2O. The van der Waals surface area contributed by atoms with E-state index in [1.54, 1.807) is 6.92 Å². The largest absolute Gasteiger partial charge is 0.406 e. The molecule has 0 aromatic heterocycles. The number of likely N-dealkylation sites (N-methyl/N-ethyl adjacent to an activating group) is 1. The number of carbonyl (C=O) groups excluding carboxylic acids is 1. The first kappa shape index (κ1) is 12.3. The van der Waals surface area contributed by atoms with Gasteiger partial charge in [0.15, 0.2) is 0 Å². The summed E-state index contributed by atoms with van der Waals surface area (Å²) in [4.78, 5) is 12.5. The minimum absolute atomic E-state index is 0.0938. The summed E-state index contributed by atoms with van der Waals surface area (Å²) in [6, 6.07) is -0.424. The molecule has 0 spiro atoms. The summed E-state index contributed by atoms with van der Waals surface area (Å²) in [6.45, 7) is 1.20. The summed E-state index contributed by atoms with van der Waals surface area (Å²) in [5.41, 5.74) is 0. The molecule has 1 amide bonds. The van der Waals surface area contributed by atoms with Crippen LogP contribution in [0.3, 0.4) is 0 Å². The van der Waals surface area contributed by atoms with E-state index in [0.717, 1.165) is 11.3 Å².